The summed E-state index contributed by atoms with van der Waals surface area (Å²) in [6.45, 7) is 5.38. The van der Waals surface area contributed by atoms with Gasteiger partial charge >= 0.3 is 5.97 Å². The maximum atomic E-state index is 13.2. The largest absolute Gasteiger partial charge is 0.456 e. The van der Waals surface area contributed by atoms with Crippen LogP contribution in [0.3, 0.4) is 0 Å². The van der Waals surface area contributed by atoms with Crippen molar-refractivity contribution in [2.45, 2.75) is 45.3 Å². The third kappa shape index (κ3) is 7.03. The van der Waals surface area contributed by atoms with Crippen molar-refractivity contribution in [2.75, 3.05) is 27.4 Å². The van der Waals surface area contributed by atoms with Crippen LogP contribution in [-0.2, 0) is 39.9 Å². The highest BCUT2D eigenvalue weighted by Crippen LogP contribution is 2.25. The fourth-order valence-electron chi connectivity index (χ4n) is 3.75. The zero-order valence-electron chi connectivity index (χ0n) is 21.9. The molecule has 0 saturated carbocycles. The first-order valence-corrected chi connectivity index (χ1v) is 12.0. The van der Waals surface area contributed by atoms with Crippen molar-refractivity contribution in [1.29, 1.82) is 0 Å². The molecule has 2 atom stereocenters. The van der Waals surface area contributed by atoms with Gasteiger partial charge in [0.25, 0.3) is 11.8 Å². The maximum absolute atomic E-state index is 13.2. The van der Waals surface area contributed by atoms with Gasteiger partial charge in [0.15, 0.2) is 11.9 Å². The average molecular weight is 511 g/mol. The molecule has 3 rings (SSSR count). The predicted octanol–water partition coefficient (Wildman–Crippen LogP) is 3.12. The number of nitrogens with zero attached hydrogens (tertiary/aromatic N) is 1. The molecule has 0 bridgehead atoms. The van der Waals surface area contributed by atoms with E-state index in [-0.39, 0.29) is 25.5 Å². The van der Waals surface area contributed by atoms with E-state index in [0.717, 1.165) is 5.56 Å². The van der Waals surface area contributed by atoms with E-state index in [0.29, 0.717) is 11.1 Å². The van der Waals surface area contributed by atoms with E-state index < -0.39 is 35.7 Å². The van der Waals surface area contributed by atoms with Crippen LogP contribution in [0.4, 0.5) is 0 Å². The number of carbonyl (C=O) groups is 3. The molecule has 9 heteroatoms. The molecule has 1 aliphatic rings. The van der Waals surface area contributed by atoms with Gasteiger partial charge < -0.3 is 29.2 Å². The molecule has 0 aromatic heterocycles. The number of ether oxygens (including phenoxy) is 4. The summed E-state index contributed by atoms with van der Waals surface area (Å²) in [5.74, 6) is -2.52. The lowest BCUT2D eigenvalue weighted by Crippen LogP contribution is -2.64. The quantitative estimate of drug-likeness (QED) is 0.203. The van der Waals surface area contributed by atoms with Crippen LogP contribution in [0.5, 0.6) is 0 Å². The molecule has 0 aliphatic carbocycles. The van der Waals surface area contributed by atoms with Crippen molar-refractivity contribution in [1.82, 2.24) is 10.2 Å². The van der Waals surface area contributed by atoms with E-state index in [2.05, 4.69) is 5.32 Å². The summed E-state index contributed by atoms with van der Waals surface area (Å²) >= 11 is 0. The molecule has 2 unspecified atom stereocenters. The molecule has 0 radical (unpaired) electrons. The van der Waals surface area contributed by atoms with Gasteiger partial charge in [-0.05, 0) is 37.5 Å². The molecule has 1 fully saturated rings. The molecule has 9 nitrogen and oxygen atoms in total. The number of carbonyl (C=O) groups excluding carboxylic acids is 3. The zero-order chi connectivity index (χ0) is 27.0. The minimum Gasteiger partial charge on any atom is -0.456 e. The number of rotatable bonds is 12. The number of likely N-dealkylation sites (tertiary alicyclic amines) is 1. The van der Waals surface area contributed by atoms with Gasteiger partial charge in [-0.3, -0.25) is 9.59 Å². The van der Waals surface area contributed by atoms with Gasteiger partial charge in [0.2, 0.25) is 0 Å². The van der Waals surface area contributed by atoms with E-state index in [4.69, 9.17) is 18.9 Å². The lowest BCUT2D eigenvalue weighted by molar-refractivity contribution is -0.229. The van der Waals surface area contributed by atoms with E-state index in [9.17, 15) is 14.4 Å². The van der Waals surface area contributed by atoms with Crippen LogP contribution >= 0.6 is 0 Å². The Morgan fingerprint density at radius 1 is 1.03 bits per heavy atom. The van der Waals surface area contributed by atoms with Gasteiger partial charge in [0.1, 0.15) is 25.0 Å². The van der Waals surface area contributed by atoms with E-state index in [1.807, 2.05) is 36.4 Å². The molecule has 37 heavy (non-hydrogen) atoms. The average Bonchev–Trinajstić information content (AvgIpc) is 2.91. The Hall–Kier alpha value is -3.53. The summed E-state index contributed by atoms with van der Waals surface area (Å²) in [5.41, 5.74) is 2.28. The van der Waals surface area contributed by atoms with Gasteiger partial charge in [-0.2, -0.15) is 0 Å². The summed E-state index contributed by atoms with van der Waals surface area (Å²) < 4.78 is 22.0. The highest BCUT2D eigenvalue weighted by atomic mass is 16.7. The number of β-lactam (4-membered cyclic amide) rings is 1. The van der Waals surface area contributed by atoms with E-state index in [1.54, 1.807) is 45.0 Å². The molecule has 1 heterocycles. The summed E-state index contributed by atoms with van der Waals surface area (Å²) in [6, 6.07) is 17.4. The van der Waals surface area contributed by atoms with Crippen molar-refractivity contribution in [3.8, 4) is 0 Å². The second-order valence-electron chi connectivity index (χ2n) is 9.06. The van der Waals surface area contributed by atoms with Crippen LogP contribution in [0.25, 0.3) is 0 Å². The topological polar surface area (TPSA) is 103 Å². The van der Waals surface area contributed by atoms with Crippen LogP contribution in [0.1, 0.15) is 38.0 Å². The molecule has 1 saturated heterocycles. The number of amides is 2. The number of hydrogen-bond donors (Lipinski definition) is 1. The molecule has 2 amide bonds. The second-order valence-corrected chi connectivity index (χ2v) is 9.06. The standard InChI is InChI=1S/C28H34N2O7/c1-19(2)23(27(33)36-17-20-12-8-6-9-13-20)30-16-22(26(30)32)29-25(31)24(21-14-10-7-11-15-21)37-18-28(3,34-4)35-5/h6-15,22,24H,16-18H2,1-5H3,(H,29,31). The Kier molecular flexibility index (Phi) is 9.57. The minimum atomic E-state index is -1.05. The van der Waals surface area contributed by atoms with Crippen LogP contribution in [0.2, 0.25) is 0 Å². The summed E-state index contributed by atoms with van der Waals surface area (Å²) in [7, 11) is 2.97. The summed E-state index contributed by atoms with van der Waals surface area (Å²) in [5, 5.41) is 2.75. The van der Waals surface area contributed by atoms with E-state index in [1.165, 1.54) is 19.1 Å². The SMILES string of the molecule is COC(C)(COC(C(=O)NC1CN(C(C(=O)OCc2ccccc2)=C(C)C)C1=O)c1ccccc1)OC. The van der Waals surface area contributed by atoms with Crippen LogP contribution in [0.15, 0.2) is 71.9 Å². The Morgan fingerprint density at radius 3 is 2.16 bits per heavy atom. The first-order chi connectivity index (χ1) is 17.7. The molecule has 198 valence electrons. The number of hydrogen-bond acceptors (Lipinski definition) is 7. The normalized spacial score (nSPS) is 16.0. The molecule has 2 aromatic rings. The monoisotopic (exact) mass is 510 g/mol. The van der Waals surface area contributed by atoms with Gasteiger partial charge in [-0.15, -0.1) is 0 Å². The third-order valence-electron chi connectivity index (χ3n) is 6.11. The van der Waals surface area contributed by atoms with Gasteiger partial charge in [-0.1, -0.05) is 60.7 Å². The fraction of sp³-hybridized carbons (Fsp3) is 0.393. The predicted molar refractivity (Wildman–Crippen MR) is 136 cm³/mol. The highest BCUT2D eigenvalue weighted by Gasteiger charge is 2.43. The molecular formula is C28H34N2O7. The number of nitrogens with one attached hydrogen (secondary N) is 1. The summed E-state index contributed by atoms with van der Waals surface area (Å²) in [6.07, 6.45) is -0.994. The second kappa shape index (κ2) is 12.6. The number of esters is 1. The van der Waals surface area contributed by atoms with Crippen LogP contribution in [0, 0.1) is 0 Å². The molecular weight excluding hydrogens is 476 g/mol. The van der Waals surface area contributed by atoms with Crippen molar-refractivity contribution in [3.63, 3.8) is 0 Å². The van der Waals surface area contributed by atoms with Crippen LogP contribution < -0.4 is 5.32 Å². The van der Waals surface area contributed by atoms with Gasteiger partial charge in [0.05, 0.1) is 6.54 Å². The minimum absolute atomic E-state index is 0.0209. The third-order valence-corrected chi connectivity index (χ3v) is 6.11. The maximum Gasteiger partial charge on any atom is 0.355 e. The molecule has 2 aromatic carbocycles. The van der Waals surface area contributed by atoms with Crippen molar-refractivity contribution >= 4 is 17.8 Å². The van der Waals surface area contributed by atoms with E-state index >= 15 is 0 Å². The molecule has 1 aliphatic heterocycles. The van der Waals surface area contributed by atoms with Gasteiger partial charge in [-0.25, -0.2) is 4.79 Å². The van der Waals surface area contributed by atoms with Crippen LogP contribution in [-0.4, -0.2) is 61.9 Å². The number of allylic oxidation sites excluding steroid dienone is 1. The lowest BCUT2D eigenvalue weighted by Gasteiger charge is -2.40. The first kappa shape index (κ1) is 28.0. The lowest BCUT2D eigenvalue weighted by atomic mass is 10.0. The number of benzene rings is 2. The van der Waals surface area contributed by atoms with Crippen molar-refractivity contribution < 1.29 is 33.3 Å². The van der Waals surface area contributed by atoms with Crippen molar-refractivity contribution in [2.24, 2.45) is 0 Å². The smallest absolute Gasteiger partial charge is 0.355 e. The fourth-order valence-corrected chi connectivity index (χ4v) is 3.75. The van der Waals surface area contributed by atoms with Gasteiger partial charge in [0, 0.05) is 14.2 Å². The Morgan fingerprint density at radius 2 is 1.62 bits per heavy atom. The number of methoxy groups -OCH3 is 2. The summed E-state index contributed by atoms with van der Waals surface area (Å²) in [4.78, 5) is 40.3. The Labute approximate surface area is 217 Å². The zero-order valence-corrected chi connectivity index (χ0v) is 21.9. The first-order valence-electron chi connectivity index (χ1n) is 12.0. The Bertz CT molecular complexity index is 1110. The van der Waals surface area contributed by atoms with Crippen molar-refractivity contribution in [3.05, 3.63) is 83.1 Å². The molecule has 1 N–H and O–H groups in total. The highest BCUT2D eigenvalue weighted by molar-refractivity contribution is 6.01. The Balaban J connectivity index is 1.65. The molecule has 0 spiro atoms.